The van der Waals surface area contributed by atoms with Crippen LogP contribution >= 0.6 is 11.6 Å². The quantitative estimate of drug-likeness (QED) is 0.579. The van der Waals surface area contributed by atoms with E-state index in [1.807, 2.05) is 24.3 Å². The smallest absolute Gasteiger partial charge is 0.133 e. The van der Waals surface area contributed by atoms with Gasteiger partial charge in [-0.05, 0) is 24.5 Å². The maximum Gasteiger partial charge on any atom is 0.133 e. The van der Waals surface area contributed by atoms with Gasteiger partial charge in [0.1, 0.15) is 11.8 Å². The van der Waals surface area contributed by atoms with Crippen molar-refractivity contribution >= 4 is 23.0 Å². The first-order valence-corrected chi connectivity index (χ1v) is 9.95. The van der Waals surface area contributed by atoms with Crippen molar-refractivity contribution in [3.63, 3.8) is 0 Å². The zero-order valence-corrected chi connectivity index (χ0v) is 15.8. The third-order valence-electron chi connectivity index (χ3n) is 4.98. The van der Waals surface area contributed by atoms with Crippen LogP contribution in [0.3, 0.4) is 0 Å². The molecule has 0 radical (unpaired) electrons. The van der Waals surface area contributed by atoms with Crippen LogP contribution in [0.4, 0.5) is 0 Å². The SMILES string of the molecule is CCCCCCCCC1CC(C2=NNC(c3ccccc3Cl)C2)=NO1. The van der Waals surface area contributed by atoms with E-state index in [0.29, 0.717) is 0 Å². The second kappa shape index (κ2) is 9.23. The number of nitrogens with zero attached hydrogens (tertiary/aromatic N) is 2. The molecule has 1 aromatic rings. The van der Waals surface area contributed by atoms with Crippen LogP contribution < -0.4 is 5.43 Å². The summed E-state index contributed by atoms with van der Waals surface area (Å²) in [4.78, 5) is 5.62. The second-order valence-electron chi connectivity index (χ2n) is 6.99. The monoisotopic (exact) mass is 361 g/mol. The highest BCUT2D eigenvalue weighted by Gasteiger charge is 2.30. The molecule has 2 unspecified atom stereocenters. The Morgan fingerprint density at radius 2 is 1.88 bits per heavy atom. The topological polar surface area (TPSA) is 46.0 Å². The van der Waals surface area contributed by atoms with E-state index in [-0.39, 0.29) is 12.1 Å². The van der Waals surface area contributed by atoms with Gasteiger partial charge >= 0.3 is 0 Å². The van der Waals surface area contributed by atoms with E-state index in [0.717, 1.165) is 41.3 Å². The average Bonchev–Trinajstić information content (AvgIpc) is 3.27. The molecule has 2 heterocycles. The van der Waals surface area contributed by atoms with E-state index in [1.54, 1.807) is 0 Å². The number of hydrogen-bond donors (Lipinski definition) is 1. The minimum absolute atomic E-state index is 0.129. The zero-order chi connectivity index (χ0) is 17.5. The molecular formula is C20H28ClN3O. The fourth-order valence-corrected chi connectivity index (χ4v) is 3.73. The van der Waals surface area contributed by atoms with Gasteiger partial charge in [0, 0.05) is 17.9 Å². The van der Waals surface area contributed by atoms with Gasteiger partial charge in [-0.3, -0.25) is 0 Å². The summed E-state index contributed by atoms with van der Waals surface area (Å²) in [6.07, 6.45) is 10.9. The fraction of sp³-hybridized carbons (Fsp3) is 0.600. The molecule has 136 valence electrons. The molecule has 25 heavy (non-hydrogen) atoms. The molecule has 0 spiro atoms. The lowest BCUT2D eigenvalue weighted by Gasteiger charge is -2.11. The van der Waals surface area contributed by atoms with E-state index in [2.05, 4.69) is 22.6 Å². The van der Waals surface area contributed by atoms with Gasteiger partial charge in [0.05, 0.1) is 11.8 Å². The maximum atomic E-state index is 6.29. The molecule has 3 rings (SSSR count). The van der Waals surface area contributed by atoms with Crippen LogP contribution in [0.15, 0.2) is 34.5 Å². The van der Waals surface area contributed by atoms with Crippen molar-refractivity contribution in [1.29, 1.82) is 0 Å². The Labute approximate surface area is 155 Å². The Kier molecular flexibility index (Phi) is 6.74. The van der Waals surface area contributed by atoms with E-state index in [4.69, 9.17) is 16.4 Å². The van der Waals surface area contributed by atoms with Crippen LogP contribution in [0.5, 0.6) is 0 Å². The van der Waals surface area contributed by atoms with Gasteiger partial charge in [-0.2, -0.15) is 5.10 Å². The molecule has 0 aromatic heterocycles. The van der Waals surface area contributed by atoms with Gasteiger partial charge in [0.15, 0.2) is 0 Å². The first kappa shape index (κ1) is 18.2. The Hall–Kier alpha value is -1.55. The van der Waals surface area contributed by atoms with E-state index in [1.165, 1.54) is 38.5 Å². The summed E-state index contributed by atoms with van der Waals surface area (Å²) < 4.78 is 0. The lowest BCUT2D eigenvalue weighted by Crippen LogP contribution is -2.15. The van der Waals surface area contributed by atoms with Gasteiger partial charge in [0.25, 0.3) is 0 Å². The Morgan fingerprint density at radius 3 is 2.72 bits per heavy atom. The lowest BCUT2D eigenvalue weighted by atomic mass is 9.97. The van der Waals surface area contributed by atoms with Crippen molar-refractivity contribution in [3.05, 3.63) is 34.9 Å². The molecule has 0 saturated heterocycles. The van der Waals surface area contributed by atoms with Crippen molar-refractivity contribution in [2.45, 2.75) is 76.9 Å². The molecule has 0 saturated carbocycles. The number of unbranched alkanes of at least 4 members (excludes halogenated alkanes) is 5. The summed E-state index contributed by atoms with van der Waals surface area (Å²) in [5, 5.41) is 9.55. The van der Waals surface area contributed by atoms with Crippen LogP contribution in [0, 0.1) is 0 Å². The summed E-state index contributed by atoms with van der Waals surface area (Å²) in [6, 6.07) is 8.05. The van der Waals surface area contributed by atoms with Crippen molar-refractivity contribution in [2.24, 2.45) is 10.3 Å². The summed E-state index contributed by atoms with van der Waals surface area (Å²) >= 11 is 6.29. The first-order chi connectivity index (χ1) is 12.3. The first-order valence-electron chi connectivity index (χ1n) is 9.57. The van der Waals surface area contributed by atoms with Gasteiger partial charge in [-0.1, -0.05) is 74.0 Å². The molecule has 0 fully saturated rings. The number of benzene rings is 1. The number of rotatable bonds is 9. The Bertz CT molecular complexity index is 629. The van der Waals surface area contributed by atoms with Crippen molar-refractivity contribution in [2.75, 3.05) is 0 Å². The number of oxime groups is 1. The highest BCUT2D eigenvalue weighted by Crippen LogP contribution is 2.30. The predicted molar refractivity (Wildman–Crippen MR) is 104 cm³/mol. The Balaban J connectivity index is 1.40. The highest BCUT2D eigenvalue weighted by molar-refractivity contribution is 6.43. The molecule has 2 aliphatic rings. The number of nitrogens with one attached hydrogen (secondary N) is 1. The van der Waals surface area contributed by atoms with Crippen LogP contribution in [0.2, 0.25) is 5.02 Å². The van der Waals surface area contributed by atoms with E-state index >= 15 is 0 Å². The van der Waals surface area contributed by atoms with Crippen molar-refractivity contribution in [3.8, 4) is 0 Å². The molecule has 5 heteroatoms. The fourth-order valence-electron chi connectivity index (χ4n) is 3.47. The minimum Gasteiger partial charge on any atom is -0.392 e. The van der Waals surface area contributed by atoms with Crippen LogP contribution in [-0.4, -0.2) is 17.5 Å². The zero-order valence-electron chi connectivity index (χ0n) is 15.0. The molecule has 2 aliphatic heterocycles. The largest absolute Gasteiger partial charge is 0.392 e. The van der Waals surface area contributed by atoms with Crippen molar-refractivity contribution < 1.29 is 4.84 Å². The summed E-state index contributed by atoms with van der Waals surface area (Å²) in [6.45, 7) is 2.25. The standard InChI is InChI=1S/C20H28ClN3O/c1-2-3-4-5-6-7-10-15-13-20(24-25-15)19-14-18(22-23-19)16-11-8-9-12-17(16)21/h8-9,11-12,15,18,22H,2-7,10,13-14H2,1H3. The van der Waals surface area contributed by atoms with Crippen LogP contribution in [-0.2, 0) is 4.84 Å². The van der Waals surface area contributed by atoms with Crippen molar-refractivity contribution in [1.82, 2.24) is 5.43 Å². The number of halogens is 1. The predicted octanol–water partition coefficient (Wildman–Crippen LogP) is 5.63. The Morgan fingerprint density at radius 1 is 1.08 bits per heavy atom. The second-order valence-corrected chi connectivity index (χ2v) is 7.40. The van der Waals surface area contributed by atoms with Gasteiger partial charge in [-0.15, -0.1) is 0 Å². The molecule has 1 aromatic carbocycles. The lowest BCUT2D eigenvalue weighted by molar-refractivity contribution is 0.0770. The third-order valence-corrected chi connectivity index (χ3v) is 5.32. The molecule has 0 amide bonds. The van der Waals surface area contributed by atoms with Gasteiger partial charge < -0.3 is 10.3 Å². The number of hydrogen-bond acceptors (Lipinski definition) is 4. The molecule has 4 nitrogen and oxygen atoms in total. The molecule has 2 atom stereocenters. The molecule has 0 aliphatic carbocycles. The van der Waals surface area contributed by atoms with Gasteiger partial charge in [-0.25, -0.2) is 0 Å². The van der Waals surface area contributed by atoms with Gasteiger partial charge in [0.2, 0.25) is 0 Å². The normalized spacial score (nSPS) is 22.3. The van der Waals surface area contributed by atoms with E-state index < -0.39 is 0 Å². The minimum atomic E-state index is 0.129. The molecule has 0 bridgehead atoms. The van der Waals surface area contributed by atoms with Crippen LogP contribution in [0.1, 0.15) is 76.3 Å². The summed E-state index contributed by atoms with van der Waals surface area (Å²) in [5.74, 6) is 0. The highest BCUT2D eigenvalue weighted by atomic mass is 35.5. The van der Waals surface area contributed by atoms with E-state index in [9.17, 15) is 0 Å². The molecule has 1 N–H and O–H groups in total. The molecular weight excluding hydrogens is 334 g/mol. The van der Waals surface area contributed by atoms with Crippen LogP contribution in [0.25, 0.3) is 0 Å². The number of hydrazone groups is 1. The summed E-state index contributed by atoms with van der Waals surface area (Å²) in [5.41, 5.74) is 6.29. The average molecular weight is 362 g/mol. The maximum absolute atomic E-state index is 6.29. The summed E-state index contributed by atoms with van der Waals surface area (Å²) in [7, 11) is 0. The third kappa shape index (κ3) is 4.97.